The van der Waals surface area contributed by atoms with Crippen LogP contribution in [0.25, 0.3) is 101 Å². The van der Waals surface area contributed by atoms with Gasteiger partial charge in [0, 0.05) is 29.1 Å². The van der Waals surface area contributed by atoms with E-state index in [1.165, 1.54) is 0 Å². The van der Waals surface area contributed by atoms with Gasteiger partial charge in [-0.25, -0.2) is 19.9 Å². The fourth-order valence-electron chi connectivity index (χ4n) is 7.40. The summed E-state index contributed by atoms with van der Waals surface area (Å²) < 4.78 is 0. The molecule has 272 valence electrons. The highest BCUT2D eigenvalue weighted by molar-refractivity contribution is 6.05. The standard InChI is InChI=1S/C52H34N6/c1-3-14-35(15-4-1)36-24-26-38(27-25-36)51-56-50(37-16-5-2-6-17-37)57-52(58-51)40-19-13-18-39(32-40)42-28-29-43(45-21-8-7-20-44(42)45)41-33-48(46-22-9-11-30-53-46)55-49(34-41)47-23-10-12-31-54-47/h1-34H. The average molecular weight is 743 g/mol. The third kappa shape index (κ3) is 6.91. The molecular weight excluding hydrogens is 709 g/mol. The normalized spacial score (nSPS) is 11.1. The molecule has 10 aromatic rings. The van der Waals surface area contributed by atoms with Gasteiger partial charge in [-0.05, 0) is 86.6 Å². The molecule has 10 rings (SSSR count). The Labute approximate surface area is 336 Å². The SMILES string of the molecule is c1ccc(-c2ccc(-c3nc(-c4ccccc4)nc(-c4cccc(-c5ccc(-c6cc(-c7ccccn7)nc(-c7ccccn7)c6)c6ccccc56)c4)n3)cc2)cc1. The highest BCUT2D eigenvalue weighted by atomic mass is 15.0. The largest absolute Gasteiger partial charge is 0.255 e. The van der Waals surface area contributed by atoms with Gasteiger partial charge in [0.05, 0.1) is 22.8 Å². The zero-order chi connectivity index (χ0) is 38.7. The van der Waals surface area contributed by atoms with Crippen molar-refractivity contribution in [3.05, 3.63) is 207 Å². The quantitative estimate of drug-likeness (QED) is 0.154. The van der Waals surface area contributed by atoms with Gasteiger partial charge >= 0.3 is 0 Å². The molecule has 0 bridgehead atoms. The van der Waals surface area contributed by atoms with Gasteiger partial charge < -0.3 is 0 Å². The van der Waals surface area contributed by atoms with Crippen LogP contribution in [0.4, 0.5) is 0 Å². The molecule has 58 heavy (non-hydrogen) atoms. The first-order chi connectivity index (χ1) is 28.7. The lowest BCUT2D eigenvalue weighted by atomic mass is 9.91. The minimum Gasteiger partial charge on any atom is -0.255 e. The van der Waals surface area contributed by atoms with E-state index in [2.05, 4.69) is 131 Å². The highest BCUT2D eigenvalue weighted by Gasteiger charge is 2.17. The molecular formula is C52H34N6. The van der Waals surface area contributed by atoms with Gasteiger partial charge in [-0.3, -0.25) is 9.97 Å². The first kappa shape index (κ1) is 34.5. The minimum absolute atomic E-state index is 0.611. The van der Waals surface area contributed by atoms with Crippen molar-refractivity contribution in [2.45, 2.75) is 0 Å². The molecule has 0 N–H and O–H groups in total. The lowest BCUT2D eigenvalue weighted by Crippen LogP contribution is -2.00. The monoisotopic (exact) mass is 742 g/mol. The van der Waals surface area contributed by atoms with Crippen LogP contribution < -0.4 is 0 Å². The fraction of sp³-hybridized carbons (Fsp3) is 0. The number of benzene rings is 6. The van der Waals surface area contributed by atoms with Gasteiger partial charge in [0.1, 0.15) is 0 Å². The maximum atomic E-state index is 5.08. The predicted molar refractivity (Wildman–Crippen MR) is 234 cm³/mol. The van der Waals surface area contributed by atoms with E-state index in [0.29, 0.717) is 17.5 Å². The molecule has 6 heteroatoms. The lowest BCUT2D eigenvalue weighted by Gasteiger charge is -2.15. The Balaban J connectivity index is 1.07. The number of aromatic nitrogens is 6. The van der Waals surface area contributed by atoms with Crippen molar-refractivity contribution < 1.29 is 0 Å². The lowest BCUT2D eigenvalue weighted by molar-refractivity contribution is 1.07. The second kappa shape index (κ2) is 15.3. The Bertz CT molecular complexity index is 2970. The molecule has 0 unspecified atom stereocenters. The summed E-state index contributed by atoms with van der Waals surface area (Å²) in [6.07, 6.45) is 3.60. The second-order valence-corrected chi connectivity index (χ2v) is 14.0. The summed E-state index contributed by atoms with van der Waals surface area (Å²) in [5, 5.41) is 2.26. The molecule has 0 aliphatic carbocycles. The Morgan fingerprint density at radius 3 is 1.24 bits per heavy atom. The first-order valence-corrected chi connectivity index (χ1v) is 19.2. The number of rotatable bonds is 8. The van der Waals surface area contributed by atoms with Gasteiger partial charge in [0.15, 0.2) is 17.5 Å². The molecule has 0 fully saturated rings. The van der Waals surface area contributed by atoms with E-state index in [-0.39, 0.29) is 0 Å². The van der Waals surface area contributed by atoms with E-state index < -0.39 is 0 Å². The van der Waals surface area contributed by atoms with Gasteiger partial charge in [-0.1, -0.05) is 152 Å². The summed E-state index contributed by atoms with van der Waals surface area (Å²) in [5.74, 6) is 1.86. The van der Waals surface area contributed by atoms with Gasteiger partial charge in [0.2, 0.25) is 0 Å². The summed E-state index contributed by atoms with van der Waals surface area (Å²) in [5.41, 5.74) is 12.6. The summed E-state index contributed by atoms with van der Waals surface area (Å²) in [7, 11) is 0. The van der Waals surface area contributed by atoms with Crippen molar-refractivity contribution in [2.24, 2.45) is 0 Å². The van der Waals surface area contributed by atoms with Gasteiger partial charge in [-0.15, -0.1) is 0 Å². The average Bonchev–Trinajstić information content (AvgIpc) is 3.32. The minimum atomic E-state index is 0.611. The summed E-state index contributed by atoms with van der Waals surface area (Å²) >= 11 is 0. The zero-order valence-electron chi connectivity index (χ0n) is 31.3. The Hall–Kier alpha value is -7.96. The summed E-state index contributed by atoms with van der Waals surface area (Å²) in [6.45, 7) is 0. The number of hydrogen-bond acceptors (Lipinski definition) is 6. The first-order valence-electron chi connectivity index (χ1n) is 19.2. The summed E-state index contributed by atoms with van der Waals surface area (Å²) in [4.78, 5) is 29.4. The Morgan fingerprint density at radius 1 is 0.241 bits per heavy atom. The van der Waals surface area contributed by atoms with E-state index in [1.54, 1.807) is 12.4 Å². The van der Waals surface area contributed by atoms with Crippen molar-refractivity contribution >= 4 is 10.8 Å². The third-order valence-electron chi connectivity index (χ3n) is 10.3. The van der Waals surface area contributed by atoms with Crippen LogP contribution in [0.15, 0.2) is 207 Å². The Morgan fingerprint density at radius 2 is 0.672 bits per heavy atom. The molecule has 0 atom stereocenters. The van der Waals surface area contributed by atoms with Crippen LogP contribution in [0, 0.1) is 0 Å². The smallest absolute Gasteiger partial charge is 0.164 e. The van der Waals surface area contributed by atoms with E-state index in [0.717, 1.165) is 83.6 Å². The van der Waals surface area contributed by atoms with Crippen LogP contribution in [0.3, 0.4) is 0 Å². The van der Waals surface area contributed by atoms with Crippen LogP contribution >= 0.6 is 0 Å². The molecule has 0 spiro atoms. The van der Waals surface area contributed by atoms with Crippen LogP contribution in [0.5, 0.6) is 0 Å². The van der Waals surface area contributed by atoms with E-state index in [4.69, 9.17) is 19.9 Å². The van der Waals surface area contributed by atoms with Crippen LogP contribution in [-0.4, -0.2) is 29.9 Å². The van der Waals surface area contributed by atoms with Gasteiger partial charge in [0.25, 0.3) is 0 Å². The van der Waals surface area contributed by atoms with Crippen LogP contribution in [0.1, 0.15) is 0 Å². The molecule has 0 saturated carbocycles. The van der Waals surface area contributed by atoms with Crippen molar-refractivity contribution in [1.82, 2.24) is 29.9 Å². The fourth-order valence-corrected chi connectivity index (χ4v) is 7.40. The number of nitrogens with zero attached hydrogens (tertiary/aromatic N) is 6. The topological polar surface area (TPSA) is 77.3 Å². The van der Waals surface area contributed by atoms with Crippen molar-refractivity contribution in [2.75, 3.05) is 0 Å². The molecule has 0 aliphatic heterocycles. The summed E-state index contributed by atoms with van der Waals surface area (Å²) in [6, 6.07) is 66.4. The van der Waals surface area contributed by atoms with Crippen LogP contribution in [0.2, 0.25) is 0 Å². The van der Waals surface area contributed by atoms with E-state index >= 15 is 0 Å². The zero-order valence-corrected chi connectivity index (χ0v) is 31.3. The Kier molecular flexibility index (Phi) is 9.10. The number of fused-ring (bicyclic) bond motifs is 1. The number of hydrogen-bond donors (Lipinski definition) is 0. The van der Waals surface area contributed by atoms with Crippen molar-refractivity contribution in [1.29, 1.82) is 0 Å². The maximum Gasteiger partial charge on any atom is 0.164 e. The predicted octanol–water partition coefficient (Wildman–Crippen LogP) is 12.5. The molecule has 4 aromatic heterocycles. The molecule has 4 heterocycles. The molecule has 6 nitrogen and oxygen atoms in total. The second-order valence-electron chi connectivity index (χ2n) is 14.0. The molecule has 0 amide bonds. The highest BCUT2D eigenvalue weighted by Crippen LogP contribution is 2.39. The maximum absolute atomic E-state index is 5.08. The van der Waals surface area contributed by atoms with Crippen molar-refractivity contribution in [3.63, 3.8) is 0 Å². The molecule has 0 aliphatic rings. The van der Waals surface area contributed by atoms with E-state index in [9.17, 15) is 0 Å². The number of pyridine rings is 3. The van der Waals surface area contributed by atoms with Gasteiger partial charge in [-0.2, -0.15) is 0 Å². The molecule has 0 saturated heterocycles. The molecule has 0 radical (unpaired) electrons. The molecule has 6 aromatic carbocycles. The van der Waals surface area contributed by atoms with Crippen LogP contribution in [-0.2, 0) is 0 Å². The third-order valence-corrected chi connectivity index (χ3v) is 10.3. The van der Waals surface area contributed by atoms with E-state index in [1.807, 2.05) is 72.8 Å². The van der Waals surface area contributed by atoms with Crippen molar-refractivity contribution in [3.8, 4) is 90.3 Å².